The van der Waals surface area contributed by atoms with Gasteiger partial charge in [0.1, 0.15) is 12.7 Å². The fourth-order valence-electron chi connectivity index (χ4n) is 5.30. The molecule has 2 aliphatic rings. The summed E-state index contributed by atoms with van der Waals surface area (Å²) in [5, 5.41) is 3.89. The van der Waals surface area contributed by atoms with Gasteiger partial charge in [-0.25, -0.2) is 0 Å². The van der Waals surface area contributed by atoms with Gasteiger partial charge in [0.25, 0.3) is 11.8 Å². The van der Waals surface area contributed by atoms with Crippen LogP contribution in [0.2, 0.25) is 0 Å². The Kier molecular flexibility index (Phi) is 5.15. The number of benzene rings is 3. The number of carbonyl (C=O) groups excluding carboxylic acids is 3. The molecular formula is C28H24N4O5. The van der Waals surface area contributed by atoms with Crippen LogP contribution in [0.25, 0.3) is 10.9 Å². The van der Waals surface area contributed by atoms with Gasteiger partial charge in [-0.3, -0.25) is 19.3 Å². The van der Waals surface area contributed by atoms with E-state index in [2.05, 4.69) is 5.32 Å². The molecule has 9 nitrogen and oxygen atoms in total. The lowest BCUT2D eigenvalue weighted by molar-refractivity contribution is -0.117. The molecule has 1 N–H and O–H groups in total. The highest BCUT2D eigenvalue weighted by Crippen LogP contribution is 2.49. The molecule has 0 radical (unpaired) electrons. The Morgan fingerprint density at radius 2 is 1.78 bits per heavy atom. The molecule has 0 spiro atoms. The quantitative estimate of drug-likeness (QED) is 0.452. The van der Waals surface area contributed by atoms with Gasteiger partial charge >= 0.3 is 0 Å². The topological polar surface area (TPSA) is 93.1 Å². The van der Waals surface area contributed by atoms with Crippen molar-refractivity contribution in [2.75, 3.05) is 31.0 Å². The minimum atomic E-state index is -0.799. The molecule has 9 heteroatoms. The van der Waals surface area contributed by atoms with E-state index in [-0.39, 0.29) is 24.3 Å². The molecule has 37 heavy (non-hydrogen) atoms. The van der Waals surface area contributed by atoms with E-state index in [9.17, 15) is 14.4 Å². The summed E-state index contributed by atoms with van der Waals surface area (Å²) in [4.78, 5) is 43.6. The number of ether oxygens (including phenoxy) is 2. The molecule has 0 saturated heterocycles. The summed E-state index contributed by atoms with van der Waals surface area (Å²) >= 11 is 0. The molecular weight excluding hydrogens is 472 g/mol. The molecule has 1 unspecified atom stereocenters. The molecule has 3 amide bonds. The summed E-state index contributed by atoms with van der Waals surface area (Å²) in [6, 6.07) is 18.0. The summed E-state index contributed by atoms with van der Waals surface area (Å²) in [5.41, 5.74) is 3.40. The van der Waals surface area contributed by atoms with Crippen molar-refractivity contribution in [3.8, 4) is 11.5 Å². The average Bonchev–Trinajstić information content (AvgIpc) is 3.42. The van der Waals surface area contributed by atoms with E-state index < -0.39 is 6.17 Å². The number of hydrogen-bond acceptors (Lipinski definition) is 5. The molecule has 0 saturated carbocycles. The van der Waals surface area contributed by atoms with Crippen LogP contribution in [-0.4, -0.2) is 48.0 Å². The Hall–Kier alpha value is -4.79. The van der Waals surface area contributed by atoms with Crippen molar-refractivity contribution in [3.05, 3.63) is 83.6 Å². The van der Waals surface area contributed by atoms with E-state index in [0.717, 1.165) is 10.9 Å². The van der Waals surface area contributed by atoms with Crippen LogP contribution in [0.15, 0.2) is 66.9 Å². The first-order valence-corrected chi connectivity index (χ1v) is 11.8. The van der Waals surface area contributed by atoms with E-state index in [4.69, 9.17) is 9.47 Å². The first kappa shape index (κ1) is 22.7. The highest BCUT2D eigenvalue weighted by Gasteiger charge is 2.50. The normalized spacial score (nSPS) is 15.9. The van der Waals surface area contributed by atoms with Gasteiger partial charge in [-0.2, -0.15) is 0 Å². The molecule has 2 aliphatic heterocycles. The zero-order valence-corrected chi connectivity index (χ0v) is 20.5. The van der Waals surface area contributed by atoms with Crippen LogP contribution < -0.4 is 19.7 Å². The van der Waals surface area contributed by atoms with Gasteiger partial charge in [0.05, 0.1) is 31.0 Å². The predicted octanol–water partition coefficient (Wildman–Crippen LogP) is 3.95. The lowest BCUT2D eigenvalue weighted by Crippen LogP contribution is -2.50. The Bertz CT molecular complexity index is 1610. The maximum atomic E-state index is 13.7. The number of para-hydroxylation sites is 1. The van der Waals surface area contributed by atoms with Gasteiger partial charge < -0.3 is 24.3 Å². The molecule has 0 fully saturated rings. The van der Waals surface area contributed by atoms with Gasteiger partial charge in [0.2, 0.25) is 5.91 Å². The third-order valence-corrected chi connectivity index (χ3v) is 6.97. The minimum Gasteiger partial charge on any atom is -0.493 e. The highest BCUT2D eigenvalue weighted by molar-refractivity contribution is 6.18. The molecule has 186 valence electrons. The van der Waals surface area contributed by atoms with Crippen LogP contribution in [0.4, 0.5) is 11.4 Å². The summed E-state index contributed by atoms with van der Waals surface area (Å²) in [7, 11) is 4.92. The number of fused-ring (bicyclic) bond motifs is 6. The number of amides is 3. The van der Waals surface area contributed by atoms with Crippen molar-refractivity contribution in [2.24, 2.45) is 7.05 Å². The maximum absolute atomic E-state index is 13.7. The first-order chi connectivity index (χ1) is 17.9. The second kappa shape index (κ2) is 8.41. The fraction of sp³-hybridized carbons (Fsp3) is 0.179. The Labute approximate surface area is 212 Å². The summed E-state index contributed by atoms with van der Waals surface area (Å²) in [6.07, 6.45) is 1.15. The van der Waals surface area contributed by atoms with Crippen LogP contribution in [-0.2, 0) is 11.8 Å². The van der Waals surface area contributed by atoms with Gasteiger partial charge in [-0.15, -0.1) is 0 Å². The van der Waals surface area contributed by atoms with E-state index in [1.807, 2.05) is 42.1 Å². The van der Waals surface area contributed by atoms with Crippen molar-refractivity contribution in [1.82, 2.24) is 9.47 Å². The van der Waals surface area contributed by atoms with Crippen LogP contribution in [0.3, 0.4) is 0 Å². The molecule has 4 aromatic rings. The van der Waals surface area contributed by atoms with Crippen LogP contribution >= 0.6 is 0 Å². The highest BCUT2D eigenvalue weighted by atomic mass is 16.5. The number of rotatable bonds is 5. The van der Waals surface area contributed by atoms with E-state index in [1.54, 1.807) is 41.3 Å². The lowest BCUT2D eigenvalue weighted by Gasteiger charge is -2.40. The predicted molar refractivity (Wildman–Crippen MR) is 138 cm³/mol. The van der Waals surface area contributed by atoms with E-state index in [1.165, 1.54) is 19.1 Å². The van der Waals surface area contributed by atoms with Crippen LogP contribution in [0.1, 0.15) is 32.4 Å². The SMILES string of the molecule is COc1ccc2c(c1OC)C(=O)N1c3ccccc3C(=O)N(CC(=O)Nc3ccc4c(ccn4C)c3)C21. The standard InChI is InChI=1S/C28H24N4O5/c1-30-13-12-16-14-17(8-10-20(16)30)29-23(33)15-31-26-19-9-11-22(36-2)25(37-3)24(19)28(35)32(26)21-7-5-4-6-18(21)27(31)34/h4-14,26H,15H2,1-3H3,(H,29,33). The molecule has 6 rings (SSSR count). The Morgan fingerprint density at radius 3 is 2.57 bits per heavy atom. The third kappa shape index (κ3) is 3.35. The van der Waals surface area contributed by atoms with Gasteiger partial charge in [-0.05, 0) is 42.5 Å². The van der Waals surface area contributed by atoms with Crippen LogP contribution in [0, 0.1) is 0 Å². The zero-order valence-electron chi connectivity index (χ0n) is 20.5. The minimum absolute atomic E-state index is 0.248. The fourth-order valence-corrected chi connectivity index (χ4v) is 5.30. The Morgan fingerprint density at radius 1 is 0.973 bits per heavy atom. The molecule has 0 aliphatic carbocycles. The number of anilines is 2. The second-order valence-electron chi connectivity index (χ2n) is 9.01. The first-order valence-electron chi connectivity index (χ1n) is 11.8. The third-order valence-electron chi connectivity index (χ3n) is 6.97. The second-order valence-corrected chi connectivity index (χ2v) is 9.01. The number of aryl methyl sites for hydroxylation is 1. The van der Waals surface area contributed by atoms with Crippen molar-refractivity contribution >= 4 is 40.0 Å². The molecule has 1 atom stereocenters. The van der Waals surface area contributed by atoms with E-state index in [0.29, 0.717) is 39.6 Å². The number of methoxy groups -OCH3 is 2. The largest absolute Gasteiger partial charge is 0.493 e. The number of carbonyl (C=O) groups is 3. The number of aromatic nitrogens is 1. The van der Waals surface area contributed by atoms with E-state index >= 15 is 0 Å². The maximum Gasteiger partial charge on any atom is 0.264 e. The average molecular weight is 497 g/mol. The van der Waals surface area contributed by atoms with Crippen LogP contribution in [0.5, 0.6) is 11.5 Å². The Balaban J connectivity index is 1.39. The molecule has 0 bridgehead atoms. The number of nitrogens with zero attached hydrogens (tertiary/aromatic N) is 3. The van der Waals surface area contributed by atoms with Gasteiger partial charge in [0, 0.05) is 35.4 Å². The van der Waals surface area contributed by atoms with Gasteiger partial charge in [-0.1, -0.05) is 18.2 Å². The van der Waals surface area contributed by atoms with Gasteiger partial charge in [0.15, 0.2) is 11.5 Å². The van der Waals surface area contributed by atoms with Crippen molar-refractivity contribution in [3.63, 3.8) is 0 Å². The summed E-state index contributed by atoms with van der Waals surface area (Å²) < 4.78 is 12.9. The summed E-state index contributed by atoms with van der Waals surface area (Å²) in [5.74, 6) is -0.319. The number of nitrogens with one attached hydrogen (secondary N) is 1. The molecule has 1 aromatic heterocycles. The van der Waals surface area contributed by atoms with Crippen molar-refractivity contribution in [1.29, 1.82) is 0 Å². The number of hydrogen-bond donors (Lipinski definition) is 1. The van der Waals surface area contributed by atoms with Crippen molar-refractivity contribution in [2.45, 2.75) is 6.17 Å². The molecule has 3 heterocycles. The van der Waals surface area contributed by atoms with Crippen molar-refractivity contribution < 1.29 is 23.9 Å². The molecule has 3 aromatic carbocycles. The zero-order chi connectivity index (χ0) is 25.8. The lowest BCUT2D eigenvalue weighted by atomic mass is 10.0. The smallest absolute Gasteiger partial charge is 0.264 e. The summed E-state index contributed by atoms with van der Waals surface area (Å²) in [6.45, 7) is -0.248. The monoisotopic (exact) mass is 496 g/mol.